The summed E-state index contributed by atoms with van der Waals surface area (Å²) in [6.45, 7) is 11.7. The van der Waals surface area contributed by atoms with Crippen molar-refractivity contribution < 1.29 is 26.3 Å². The van der Waals surface area contributed by atoms with Gasteiger partial charge in [-0.1, -0.05) is 70.8 Å². The van der Waals surface area contributed by atoms with Crippen molar-refractivity contribution in [2.45, 2.75) is 59.1 Å². The third-order valence-electron chi connectivity index (χ3n) is 5.04. The first-order chi connectivity index (χ1) is 18.1. The van der Waals surface area contributed by atoms with E-state index in [0.29, 0.717) is 29.5 Å². The van der Waals surface area contributed by atoms with Gasteiger partial charge < -0.3 is 24.5 Å². The lowest BCUT2D eigenvalue weighted by Gasteiger charge is -2.18. The van der Waals surface area contributed by atoms with Crippen LogP contribution in [0.2, 0.25) is 0 Å². The normalized spacial score (nSPS) is 11.2. The quantitative estimate of drug-likeness (QED) is 0.336. The number of nitrogens with zero attached hydrogens (tertiary/aromatic N) is 2. The molecule has 0 spiro atoms. The summed E-state index contributed by atoms with van der Waals surface area (Å²) in [5.41, 5.74) is 2.77. The van der Waals surface area contributed by atoms with Gasteiger partial charge in [0.05, 0.1) is 0 Å². The lowest BCUT2D eigenvalue weighted by molar-refractivity contribution is -0.118. The van der Waals surface area contributed by atoms with Crippen molar-refractivity contribution in [3.63, 3.8) is 0 Å². The molecule has 212 valence electrons. The number of rotatable bonds is 7. The highest BCUT2D eigenvalue weighted by molar-refractivity contribution is 7.15. The van der Waals surface area contributed by atoms with Crippen molar-refractivity contribution in [1.82, 2.24) is 15.5 Å². The highest BCUT2D eigenvalue weighted by atomic mass is 31.0. The molecule has 38 heavy (non-hydrogen) atoms. The third-order valence-corrected chi connectivity index (χ3v) is 5.04. The summed E-state index contributed by atoms with van der Waals surface area (Å²) in [6, 6.07) is 14.1. The molecule has 2 N–H and O–H groups in total. The number of methoxy groups -OCH3 is 1. The zero-order valence-electron chi connectivity index (χ0n) is 23.6. The van der Waals surface area contributed by atoms with Gasteiger partial charge in [-0.3, -0.25) is 4.79 Å². The van der Waals surface area contributed by atoms with Crippen molar-refractivity contribution >= 4 is 26.9 Å². The lowest BCUT2D eigenvalue weighted by Crippen LogP contribution is -2.43. The highest BCUT2D eigenvalue weighted by Crippen LogP contribution is 2.28. The number of amides is 2. The molecule has 2 amide bonds. The molecule has 0 saturated heterocycles. The summed E-state index contributed by atoms with van der Waals surface area (Å²) >= 11 is 0. The van der Waals surface area contributed by atoms with E-state index in [1.54, 1.807) is 20.3 Å². The molecule has 3 aromatic rings. The van der Waals surface area contributed by atoms with E-state index in [2.05, 4.69) is 34.8 Å². The zero-order valence-corrected chi connectivity index (χ0v) is 24.8. The highest BCUT2D eigenvalue weighted by Gasteiger charge is 2.23. The minimum absolute atomic E-state index is 0. The second-order valence-electron chi connectivity index (χ2n) is 9.26. The van der Waals surface area contributed by atoms with Crippen LogP contribution in [0.5, 0.6) is 0 Å². The number of aryl methyl sites for hydroxylation is 1. The second-order valence-corrected chi connectivity index (χ2v) is 9.26. The zero-order chi connectivity index (χ0) is 28.7. The SMILES string of the molecule is CC[C@H](NC(=O)OCc1ccccc1)C(=O)Nc1cc(-c2nnc(C(C)(C)C)o2)ccc1C.COC.CP.[HH].[HH]. The molecule has 0 radical (unpaired) electrons. The standard InChI is InChI=1S/C25H30N4O4.C2H6O.CH5P.2H2/c1-6-19(27-24(31)32-15-17-10-8-7-9-11-17)21(30)26-20-14-18(13-12-16(20)2)22-28-29-23(33-22)25(3,4)5;1-3-2;1-2;;/h7-14,19H,6,15H2,1-5H3,(H,26,30)(H,27,31);1-2H3;2H2,1H3;2*1H/t19-;;;;/m0..../s1. The van der Waals surface area contributed by atoms with E-state index in [-0.39, 0.29) is 20.8 Å². The average molecular weight is 549 g/mol. The number of hydrogen-bond acceptors (Lipinski definition) is 7. The largest absolute Gasteiger partial charge is 0.445 e. The predicted octanol–water partition coefficient (Wildman–Crippen LogP) is 6.23. The summed E-state index contributed by atoms with van der Waals surface area (Å²) < 4.78 is 15.3. The maximum absolute atomic E-state index is 12.9. The van der Waals surface area contributed by atoms with Crippen LogP contribution in [0, 0.1) is 6.92 Å². The number of anilines is 1. The Morgan fingerprint density at radius 3 is 2.26 bits per heavy atom. The summed E-state index contributed by atoms with van der Waals surface area (Å²) in [5, 5.41) is 13.8. The maximum atomic E-state index is 12.9. The number of ether oxygens (including phenoxy) is 2. The minimum Gasteiger partial charge on any atom is -0.445 e. The maximum Gasteiger partial charge on any atom is 0.408 e. The van der Waals surface area contributed by atoms with Crippen LogP contribution in [0.25, 0.3) is 11.5 Å². The van der Waals surface area contributed by atoms with E-state index in [0.717, 1.165) is 11.1 Å². The second kappa shape index (κ2) is 16.5. The number of carbonyl (C=O) groups excluding carboxylic acids is 2. The molecule has 9 nitrogen and oxygen atoms in total. The molecule has 1 heterocycles. The van der Waals surface area contributed by atoms with Gasteiger partial charge in [0.15, 0.2) is 0 Å². The first-order valence-corrected chi connectivity index (χ1v) is 13.5. The fourth-order valence-corrected chi connectivity index (χ4v) is 3.01. The Labute approximate surface area is 231 Å². The van der Waals surface area contributed by atoms with Crippen LogP contribution in [0.3, 0.4) is 0 Å². The molecule has 0 saturated carbocycles. The predicted molar refractivity (Wildman–Crippen MR) is 158 cm³/mol. The Hall–Kier alpha value is -3.29. The van der Waals surface area contributed by atoms with Crippen molar-refractivity contribution in [1.29, 1.82) is 0 Å². The summed E-state index contributed by atoms with van der Waals surface area (Å²) in [7, 11) is 5.67. The van der Waals surface area contributed by atoms with Crippen LogP contribution in [-0.2, 0) is 26.3 Å². The average Bonchev–Trinajstić information content (AvgIpc) is 3.41. The Balaban J connectivity index is 0. The molecular formula is C28H45N4O5P. The van der Waals surface area contributed by atoms with E-state index >= 15 is 0 Å². The molecular weight excluding hydrogens is 503 g/mol. The van der Waals surface area contributed by atoms with Crippen LogP contribution in [0.4, 0.5) is 10.5 Å². The monoisotopic (exact) mass is 548 g/mol. The number of alkyl carbamates (subject to hydrolysis) is 1. The summed E-state index contributed by atoms with van der Waals surface area (Å²) in [4.78, 5) is 25.0. The van der Waals surface area contributed by atoms with Crippen molar-refractivity contribution in [2.75, 3.05) is 26.2 Å². The molecule has 0 aliphatic carbocycles. The van der Waals surface area contributed by atoms with Gasteiger partial charge in [-0.2, -0.15) is 0 Å². The van der Waals surface area contributed by atoms with Gasteiger partial charge >= 0.3 is 6.09 Å². The van der Waals surface area contributed by atoms with E-state index in [1.165, 1.54) is 0 Å². The molecule has 0 aliphatic rings. The van der Waals surface area contributed by atoms with Crippen molar-refractivity contribution in [3.05, 3.63) is 65.5 Å². The smallest absolute Gasteiger partial charge is 0.408 e. The van der Waals surface area contributed by atoms with Gasteiger partial charge in [-0.05, 0) is 36.6 Å². The summed E-state index contributed by atoms with van der Waals surface area (Å²) in [6.07, 6.45) is -0.240. The van der Waals surface area contributed by atoms with Gasteiger partial charge in [-0.15, -0.1) is 19.4 Å². The van der Waals surface area contributed by atoms with Gasteiger partial charge in [0.2, 0.25) is 17.7 Å². The Kier molecular flexibility index (Phi) is 14.2. The van der Waals surface area contributed by atoms with Crippen molar-refractivity contribution in [3.8, 4) is 11.5 Å². The molecule has 1 aromatic heterocycles. The molecule has 1 unspecified atom stereocenters. The number of benzene rings is 2. The lowest BCUT2D eigenvalue weighted by atomic mass is 9.97. The van der Waals surface area contributed by atoms with Gasteiger partial charge in [0.1, 0.15) is 12.6 Å². The van der Waals surface area contributed by atoms with E-state index in [9.17, 15) is 9.59 Å². The van der Waals surface area contributed by atoms with E-state index < -0.39 is 12.1 Å². The Bertz CT molecular complexity index is 1140. The Morgan fingerprint density at radius 1 is 1.08 bits per heavy atom. The van der Waals surface area contributed by atoms with Crippen LogP contribution in [0.15, 0.2) is 52.9 Å². The molecule has 0 fully saturated rings. The van der Waals surface area contributed by atoms with Crippen LogP contribution >= 0.6 is 9.24 Å². The summed E-state index contributed by atoms with van der Waals surface area (Å²) in [5.74, 6) is 0.577. The molecule has 3 rings (SSSR count). The number of aromatic nitrogens is 2. The Morgan fingerprint density at radius 2 is 1.71 bits per heavy atom. The fourth-order valence-electron chi connectivity index (χ4n) is 3.01. The molecule has 2 aromatic carbocycles. The molecule has 10 heteroatoms. The number of carbonyl (C=O) groups is 2. The van der Waals surface area contributed by atoms with E-state index in [4.69, 9.17) is 9.15 Å². The van der Waals surface area contributed by atoms with Crippen LogP contribution < -0.4 is 10.6 Å². The number of nitrogens with one attached hydrogen (secondary N) is 2. The number of hydrogen-bond donors (Lipinski definition) is 2. The van der Waals surface area contributed by atoms with Gasteiger partial charge in [0.25, 0.3) is 0 Å². The topological polar surface area (TPSA) is 116 Å². The molecule has 0 aliphatic heterocycles. The van der Waals surface area contributed by atoms with Gasteiger partial charge in [-0.25, -0.2) is 4.79 Å². The first-order valence-electron chi connectivity index (χ1n) is 12.3. The van der Waals surface area contributed by atoms with Crippen LogP contribution in [0.1, 0.15) is 54.0 Å². The fraction of sp³-hybridized carbons (Fsp3) is 0.429. The minimum atomic E-state index is -0.743. The molecule has 0 bridgehead atoms. The third kappa shape index (κ3) is 10.6. The molecule has 2 atom stereocenters. The van der Waals surface area contributed by atoms with Gasteiger partial charge in [0, 0.05) is 33.7 Å². The van der Waals surface area contributed by atoms with E-state index in [1.807, 2.05) is 83.7 Å². The van der Waals surface area contributed by atoms with Crippen LogP contribution in [-0.4, -0.2) is 49.1 Å². The first kappa shape index (κ1) is 32.7. The van der Waals surface area contributed by atoms with Crippen molar-refractivity contribution in [2.24, 2.45) is 0 Å².